The highest BCUT2D eigenvalue weighted by molar-refractivity contribution is 6.43. The van der Waals surface area contributed by atoms with Crippen LogP contribution < -0.4 is 20.2 Å². The molecule has 0 unspecified atom stereocenters. The summed E-state index contributed by atoms with van der Waals surface area (Å²) >= 11 is 11.7. The van der Waals surface area contributed by atoms with Crippen molar-refractivity contribution in [1.29, 1.82) is 0 Å². The van der Waals surface area contributed by atoms with Crippen LogP contribution in [0.1, 0.15) is 15.9 Å². The van der Waals surface area contributed by atoms with Gasteiger partial charge in [0.05, 0.1) is 28.9 Å². The fourth-order valence-corrected chi connectivity index (χ4v) is 2.79. The second-order valence-electron chi connectivity index (χ2n) is 6.47. The number of hydrogen-bond donors (Lipinski definition) is 2. The molecule has 2 amide bonds. The van der Waals surface area contributed by atoms with Gasteiger partial charge in [-0.05, 0) is 72.3 Å². The third-order valence-corrected chi connectivity index (χ3v) is 4.92. The van der Waals surface area contributed by atoms with Gasteiger partial charge in [-0.3, -0.25) is 9.59 Å². The number of amides is 2. The summed E-state index contributed by atoms with van der Waals surface area (Å²) < 4.78 is 10.4. The van der Waals surface area contributed by atoms with Crippen molar-refractivity contribution in [3.63, 3.8) is 0 Å². The molecule has 0 spiro atoms. The number of benzene rings is 3. The zero-order valence-corrected chi connectivity index (χ0v) is 18.7. The summed E-state index contributed by atoms with van der Waals surface area (Å²) in [6, 6.07) is 17.3. The van der Waals surface area contributed by atoms with E-state index in [-0.39, 0.29) is 5.02 Å². The third-order valence-electron chi connectivity index (χ3n) is 4.18. The minimum atomic E-state index is -0.970. The lowest BCUT2D eigenvalue weighted by Gasteiger charge is -2.06. The van der Waals surface area contributed by atoms with Crippen LogP contribution in [0.4, 0.5) is 5.69 Å². The molecule has 3 aromatic rings. The Morgan fingerprint density at radius 1 is 0.848 bits per heavy atom. The van der Waals surface area contributed by atoms with Gasteiger partial charge in [-0.1, -0.05) is 23.2 Å². The van der Waals surface area contributed by atoms with E-state index in [1.54, 1.807) is 48.5 Å². The van der Waals surface area contributed by atoms with Gasteiger partial charge in [0.1, 0.15) is 11.5 Å². The molecule has 0 heterocycles. The molecule has 0 aliphatic heterocycles. The minimum Gasteiger partial charge on any atom is -0.497 e. The van der Waals surface area contributed by atoms with Gasteiger partial charge in [0.15, 0.2) is 0 Å². The van der Waals surface area contributed by atoms with E-state index >= 15 is 0 Å². The normalized spacial score (nSPS) is 10.5. The lowest BCUT2D eigenvalue weighted by molar-refractivity contribution is -0.136. The van der Waals surface area contributed by atoms with Gasteiger partial charge < -0.3 is 14.8 Å². The van der Waals surface area contributed by atoms with Crippen LogP contribution in [0.25, 0.3) is 0 Å². The van der Waals surface area contributed by atoms with Gasteiger partial charge in [-0.2, -0.15) is 5.10 Å². The predicted octanol–water partition coefficient (Wildman–Crippen LogP) is 4.31. The summed E-state index contributed by atoms with van der Waals surface area (Å²) in [6.07, 6.45) is 1.33. The molecule has 0 saturated carbocycles. The molecule has 8 nitrogen and oxygen atoms in total. The number of nitrogens with zero attached hydrogens (tertiary/aromatic N) is 1. The first-order valence-electron chi connectivity index (χ1n) is 9.41. The number of nitrogens with one attached hydrogen (secondary N) is 2. The van der Waals surface area contributed by atoms with E-state index in [2.05, 4.69) is 15.8 Å². The summed E-state index contributed by atoms with van der Waals surface area (Å²) in [7, 11) is 1.54. The summed E-state index contributed by atoms with van der Waals surface area (Å²) in [5, 5.41) is 6.68. The van der Waals surface area contributed by atoms with Crippen LogP contribution in [0, 0.1) is 0 Å². The number of carbonyl (C=O) groups excluding carboxylic acids is 3. The monoisotopic (exact) mass is 485 g/mol. The predicted molar refractivity (Wildman–Crippen MR) is 125 cm³/mol. The highest BCUT2D eigenvalue weighted by Gasteiger charge is 2.13. The molecule has 33 heavy (non-hydrogen) atoms. The zero-order valence-electron chi connectivity index (χ0n) is 17.2. The molecule has 2 N–H and O–H groups in total. The summed E-state index contributed by atoms with van der Waals surface area (Å²) in [4.78, 5) is 36.0. The van der Waals surface area contributed by atoms with Crippen LogP contribution >= 0.6 is 23.2 Å². The first-order chi connectivity index (χ1) is 15.9. The SMILES string of the molecule is COc1ccc(C(=O)Oc2ccc(/C=N\NC(=O)C(=O)Nc3ccc(Cl)c(Cl)c3)cc2)cc1. The van der Waals surface area contributed by atoms with Crippen molar-refractivity contribution in [1.82, 2.24) is 5.43 Å². The number of carbonyl (C=O) groups is 3. The fraction of sp³-hybridized carbons (Fsp3) is 0.0435. The van der Waals surface area contributed by atoms with Gasteiger partial charge in [0.2, 0.25) is 0 Å². The van der Waals surface area contributed by atoms with Crippen LogP contribution in [0.15, 0.2) is 71.8 Å². The summed E-state index contributed by atoms with van der Waals surface area (Å²) in [6.45, 7) is 0. The van der Waals surface area contributed by atoms with E-state index in [1.807, 2.05) is 0 Å². The molecular formula is C23H17Cl2N3O5. The molecule has 3 rings (SSSR count). The standard InChI is InChI=1S/C23H17Cl2N3O5/c1-32-17-9-4-15(5-10-17)23(31)33-18-7-2-14(3-8-18)13-26-28-22(30)21(29)27-16-6-11-19(24)20(25)12-16/h2-13H,1H3,(H,27,29)(H,28,30)/b26-13-. The van der Waals surface area contributed by atoms with Gasteiger partial charge in [0.25, 0.3) is 0 Å². The third kappa shape index (κ3) is 6.80. The number of hydrogen-bond acceptors (Lipinski definition) is 6. The van der Waals surface area contributed by atoms with Gasteiger partial charge in [-0.25, -0.2) is 10.2 Å². The number of methoxy groups -OCH3 is 1. The van der Waals surface area contributed by atoms with Crippen molar-refractivity contribution < 1.29 is 23.9 Å². The molecule has 0 aliphatic rings. The number of esters is 1. The fourth-order valence-electron chi connectivity index (χ4n) is 2.49. The molecule has 0 fully saturated rings. The van der Waals surface area contributed by atoms with E-state index in [9.17, 15) is 14.4 Å². The van der Waals surface area contributed by atoms with Crippen LogP contribution in [0.2, 0.25) is 10.0 Å². The zero-order chi connectivity index (χ0) is 23.8. The van der Waals surface area contributed by atoms with E-state index in [0.29, 0.717) is 33.3 Å². The largest absolute Gasteiger partial charge is 0.497 e. The molecule has 0 atom stereocenters. The van der Waals surface area contributed by atoms with Gasteiger partial charge >= 0.3 is 17.8 Å². The lowest BCUT2D eigenvalue weighted by Crippen LogP contribution is -2.32. The lowest BCUT2D eigenvalue weighted by atomic mass is 10.2. The van der Waals surface area contributed by atoms with E-state index in [0.717, 1.165) is 0 Å². The first-order valence-corrected chi connectivity index (χ1v) is 10.2. The number of halogens is 2. The maximum atomic E-state index is 12.2. The Labute approximate surface area is 199 Å². The number of rotatable bonds is 6. The molecule has 168 valence electrons. The number of hydrazone groups is 1. The van der Waals surface area contributed by atoms with Gasteiger partial charge in [-0.15, -0.1) is 0 Å². The minimum absolute atomic E-state index is 0.242. The van der Waals surface area contributed by atoms with Crippen molar-refractivity contribution in [2.45, 2.75) is 0 Å². The highest BCUT2D eigenvalue weighted by Crippen LogP contribution is 2.25. The van der Waals surface area contributed by atoms with E-state index in [1.165, 1.54) is 31.5 Å². The molecule has 0 aliphatic carbocycles. The second kappa shape index (κ2) is 11.1. The summed E-state index contributed by atoms with van der Waals surface area (Å²) in [5.41, 5.74) is 3.41. The van der Waals surface area contributed by atoms with Crippen LogP contribution in [-0.4, -0.2) is 31.1 Å². The molecule has 10 heteroatoms. The number of anilines is 1. The molecule has 3 aromatic carbocycles. The van der Waals surface area contributed by atoms with Crippen LogP contribution in [0.3, 0.4) is 0 Å². The second-order valence-corrected chi connectivity index (χ2v) is 7.28. The Morgan fingerprint density at radius 2 is 1.52 bits per heavy atom. The molecule has 0 saturated heterocycles. The topological polar surface area (TPSA) is 106 Å². The number of ether oxygens (including phenoxy) is 2. The van der Waals surface area contributed by atoms with Crippen LogP contribution in [-0.2, 0) is 9.59 Å². The smallest absolute Gasteiger partial charge is 0.343 e. The Hall–Kier alpha value is -3.88. The Bertz CT molecular complexity index is 1200. The Morgan fingerprint density at radius 3 is 2.15 bits per heavy atom. The van der Waals surface area contributed by atoms with E-state index in [4.69, 9.17) is 32.7 Å². The van der Waals surface area contributed by atoms with Crippen molar-refractivity contribution in [2.24, 2.45) is 5.10 Å². The highest BCUT2D eigenvalue weighted by atomic mass is 35.5. The molecule has 0 radical (unpaired) electrons. The van der Waals surface area contributed by atoms with Crippen molar-refractivity contribution in [2.75, 3.05) is 12.4 Å². The maximum Gasteiger partial charge on any atom is 0.343 e. The maximum absolute atomic E-state index is 12.2. The average molecular weight is 486 g/mol. The van der Waals surface area contributed by atoms with E-state index < -0.39 is 17.8 Å². The molecule has 0 bridgehead atoms. The summed E-state index contributed by atoms with van der Waals surface area (Å²) in [5.74, 6) is -1.44. The van der Waals surface area contributed by atoms with Crippen molar-refractivity contribution in [3.05, 3.63) is 87.9 Å². The molecular weight excluding hydrogens is 469 g/mol. The van der Waals surface area contributed by atoms with Gasteiger partial charge in [0, 0.05) is 5.69 Å². The average Bonchev–Trinajstić information content (AvgIpc) is 2.82. The Kier molecular flexibility index (Phi) is 8.01. The quantitative estimate of drug-likeness (QED) is 0.178. The molecule has 0 aromatic heterocycles. The van der Waals surface area contributed by atoms with Crippen LogP contribution in [0.5, 0.6) is 11.5 Å². The first kappa shape index (κ1) is 23.8. The van der Waals surface area contributed by atoms with Crippen molar-refractivity contribution in [3.8, 4) is 11.5 Å². The van der Waals surface area contributed by atoms with Crippen molar-refractivity contribution >= 4 is 52.9 Å². The Balaban J connectivity index is 1.50.